The summed E-state index contributed by atoms with van der Waals surface area (Å²) in [5.41, 5.74) is 3.37. The number of aryl methyl sites for hydroxylation is 1. The zero-order chi connectivity index (χ0) is 23.0. The fourth-order valence-electron chi connectivity index (χ4n) is 3.23. The van der Waals surface area contributed by atoms with E-state index in [9.17, 15) is 9.59 Å². The second-order valence-corrected chi connectivity index (χ2v) is 7.51. The average Bonchev–Trinajstić information content (AvgIpc) is 2.84. The molecule has 33 heavy (non-hydrogen) atoms. The number of anilines is 1. The van der Waals surface area contributed by atoms with E-state index < -0.39 is 5.97 Å². The van der Waals surface area contributed by atoms with Gasteiger partial charge in [-0.2, -0.15) is 0 Å². The fraction of sp³-hybridized carbons (Fsp3) is 0.0714. The molecular formula is C28H23NO4. The Kier molecular flexibility index (Phi) is 6.81. The molecule has 0 aliphatic heterocycles. The van der Waals surface area contributed by atoms with Crippen LogP contribution in [0.4, 0.5) is 5.69 Å². The van der Waals surface area contributed by atoms with E-state index in [0.717, 1.165) is 16.9 Å². The van der Waals surface area contributed by atoms with Crippen molar-refractivity contribution < 1.29 is 19.1 Å². The van der Waals surface area contributed by atoms with Crippen LogP contribution in [0, 0.1) is 6.92 Å². The third kappa shape index (κ3) is 5.86. The summed E-state index contributed by atoms with van der Waals surface area (Å²) in [7, 11) is 0. The van der Waals surface area contributed by atoms with Crippen molar-refractivity contribution in [3.8, 4) is 11.5 Å². The van der Waals surface area contributed by atoms with E-state index in [-0.39, 0.29) is 17.2 Å². The summed E-state index contributed by atoms with van der Waals surface area (Å²) in [5, 5.41) is 2.81. The van der Waals surface area contributed by atoms with Crippen molar-refractivity contribution >= 4 is 17.6 Å². The molecule has 0 aromatic heterocycles. The molecule has 0 aliphatic carbocycles. The van der Waals surface area contributed by atoms with Crippen molar-refractivity contribution in [1.29, 1.82) is 0 Å². The smallest absolute Gasteiger partial charge is 0.343 e. The number of hydrogen-bond acceptors (Lipinski definition) is 4. The van der Waals surface area contributed by atoms with E-state index in [1.165, 1.54) is 0 Å². The van der Waals surface area contributed by atoms with Crippen molar-refractivity contribution in [2.24, 2.45) is 0 Å². The van der Waals surface area contributed by atoms with Gasteiger partial charge in [-0.1, -0.05) is 54.6 Å². The van der Waals surface area contributed by atoms with Crippen LogP contribution in [0.25, 0.3) is 0 Å². The third-order valence-corrected chi connectivity index (χ3v) is 4.95. The summed E-state index contributed by atoms with van der Waals surface area (Å²) in [4.78, 5) is 25.4. The fourth-order valence-corrected chi connectivity index (χ4v) is 3.23. The first-order chi connectivity index (χ1) is 16.1. The standard InChI is InChI=1S/C28H23NO4/c1-20-8-7-11-24(18-20)32-19-21-14-16-22(17-15-21)28(31)33-26-13-6-5-12-25(26)27(30)29-23-9-3-2-4-10-23/h2-18H,19H2,1H3,(H,29,30). The van der Waals surface area contributed by atoms with E-state index in [0.29, 0.717) is 17.9 Å². The number of rotatable bonds is 7. The molecule has 1 N–H and O–H groups in total. The molecule has 1 amide bonds. The second-order valence-electron chi connectivity index (χ2n) is 7.51. The highest BCUT2D eigenvalue weighted by Gasteiger charge is 2.16. The average molecular weight is 437 g/mol. The minimum Gasteiger partial charge on any atom is -0.489 e. The van der Waals surface area contributed by atoms with Crippen LogP contribution in [0.1, 0.15) is 31.8 Å². The highest BCUT2D eigenvalue weighted by Crippen LogP contribution is 2.21. The van der Waals surface area contributed by atoms with Crippen LogP contribution in [0.3, 0.4) is 0 Å². The predicted molar refractivity (Wildman–Crippen MR) is 128 cm³/mol. The Hall–Kier alpha value is -4.38. The van der Waals surface area contributed by atoms with Crippen molar-refractivity contribution in [1.82, 2.24) is 0 Å². The first-order valence-corrected chi connectivity index (χ1v) is 10.5. The molecule has 4 aromatic rings. The number of ether oxygens (including phenoxy) is 2. The van der Waals surface area contributed by atoms with Gasteiger partial charge in [-0.05, 0) is 66.6 Å². The largest absolute Gasteiger partial charge is 0.489 e. The van der Waals surface area contributed by atoms with Crippen LogP contribution in [0.5, 0.6) is 11.5 Å². The van der Waals surface area contributed by atoms with Gasteiger partial charge in [0.1, 0.15) is 18.1 Å². The minimum atomic E-state index is -0.541. The number of esters is 1. The van der Waals surface area contributed by atoms with E-state index in [1.807, 2.05) is 61.5 Å². The van der Waals surface area contributed by atoms with Crippen molar-refractivity contribution in [2.45, 2.75) is 13.5 Å². The topological polar surface area (TPSA) is 64.6 Å². The number of amides is 1. The molecular weight excluding hydrogens is 414 g/mol. The Morgan fingerprint density at radius 1 is 0.788 bits per heavy atom. The van der Waals surface area contributed by atoms with Crippen molar-refractivity contribution in [3.63, 3.8) is 0 Å². The first-order valence-electron chi connectivity index (χ1n) is 10.5. The van der Waals surface area contributed by atoms with E-state index in [1.54, 1.807) is 48.5 Å². The molecule has 0 unspecified atom stereocenters. The third-order valence-electron chi connectivity index (χ3n) is 4.95. The van der Waals surface area contributed by atoms with Gasteiger partial charge >= 0.3 is 5.97 Å². The van der Waals surface area contributed by atoms with Gasteiger partial charge in [0.15, 0.2) is 0 Å². The molecule has 0 aliphatic rings. The molecule has 0 radical (unpaired) electrons. The Labute approximate surface area is 192 Å². The number of benzene rings is 4. The summed E-state index contributed by atoms with van der Waals surface area (Å²) < 4.78 is 11.3. The Balaban J connectivity index is 1.40. The highest BCUT2D eigenvalue weighted by atomic mass is 16.5. The quantitative estimate of drug-likeness (QED) is 0.283. The van der Waals surface area contributed by atoms with Crippen LogP contribution in [0.15, 0.2) is 103 Å². The lowest BCUT2D eigenvalue weighted by molar-refractivity contribution is 0.0733. The molecule has 4 aromatic carbocycles. The molecule has 0 fully saturated rings. The number of hydrogen-bond donors (Lipinski definition) is 1. The van der Waals surface area contributed by atoms with Crippen molar-refractivity contribution in [3.05, 3.63) is 125 Å². The van der Waals surface area contributed by atoms with E-state index >= 15 is 0 Å². The SMILES string of the molecule is Cc1cccc(OCc2ccc(C(=O)Oc3ccccc3C(=O)Nc3ccccc3)cc2)c1. The molecule has 0 bridgehead atoms. The summed E-state index contributed by atoms with van der Waals surface area (Å²) in [6.07, 6.45) is 0. The summed E-state index contributed by atoms with van der Waals surface area (Å²) in [5.74, 6) is 0.0982. The lowest BCUT2D eigenvalue weighted by Gasteiger charge is -2.11. The number of carbonyl (C=O) groups is 2. The molecule has 0 saturated carbocycles. The summed E-state index contributed by atoms with van der Waals surface area (Å²) in [6, 6.07) is 30.6. The highest BCUT2D eigenvalue weighted by molar-refractivity contribution is 6.07. The molecule has 0 saturated heterocycles. The number of nitrogens with one attached hydrogen (secondary N) is 1. The zero-order valence-corrected chi connectivity index (χ0v) is 18.2. The van der Waals surface area contributed by atoms with Gasteiger partial charge in [-0.25, -0.2) is 4.79 Å². The maximum atomic E-state index is 12.7. The Morgan fingerprint density at radius 3 is 2.27 bits per heavy atom. The van der Waals surface area contributed by atoms with Crippen LogP contribution in [-0.2, 0) is 6.61 Å². The van der Waals surface area contributed by atoms with Crippen molar-refractivity contribution in [2.75, 3.05) is 5.32 Å². The van der Waals surface area contributed by atoms with Crippen LogP contribution in [-0.4, -0.2) is 11.9 Å². The van der Waals surface area contributed by atoms with Gasteiger partial charge < -0.3 is 14.8 Å². The molecule has 0 heterocycles. The predicted octanol–water partition coefficient (Wildman–Crippen LogP) is 6.05. The van der Waals surface area contributed by atoms with Gasteiger partial charge in [-0.15, -0.1) is 0 Å². The van der Waals surface area contributed by atoms with Gasteiger partial charge in [-0.3, -0.25) is 4.79 Å². The lowest BCUT2D eigenvalue weighted by Crippen LogP contribution is -2.16. The van der Waals surface area contributed by atoms with Crippen LogP contribution < -0.4 is 14.8 Å². The molecule has 5 nitrogen and oxygen atoms in total. The molecule has 4 rings (SSSR count). The number of para-hydroxylation sites is 2. The zero-order valence-electron chi connectivity index (χ0n) is 18.2. The summed E-state index contributed by atoms with van der Waals surface area (Å²) in [6.45, 7) is 2.40. The molecule has 0 spiro atoms. The Morgan fingerprint density at radius 2 is 1.52 bits per heavy atom. The van der Waals surface area contributed by atoms with Gasteiger partial charge in [0, 0.05) is 5.69 Å². The maximum absolute atomic E-state index is 12.7. The van der Waals surface area contributed by atoms with Gasteiger partial charge in [0.2, 0.25) is 0 Å². The van der Waals surface area contributed by atoms with Gasteiger partial charge in [0.25, 0.3) is 5.91 Å². The maximum Gasteiger partial charge on any atom is 0.343 e. The van der Waals surface area contributed by atoms with Crippen LogP contribution >= 0.6 is 0 Å². The Bertz CT molecular complexity index is 1250. The second kappa shape index (κ2) is 10.3. The normalized spacial score (nSPS) is 10.3. The molecule has 5 heteroatoms. The molecule has 164 valence electrons. The van der Waals surface area contributed by atoms with E-state index in [2.05, 4.69) is 5.32 Å². The van der Waals surface area contributed by atoms with E-state index in [4.69, 9.17) is 9.47 Å². The van der Waals surface area contributed by atoms with Crippen LogP contribution in [0.2, 0.25) is 0 Å². The number of carbonyl (C=O) groups excluding carboxylic acids is 2. The lowest BCUT2D eigenvalue weighted by atomic mass is 10.1. The first kappa shape index (κ1) is 21.8. The summed E-state index contributed by atoms with van der Waals surface area (Å²) >= 11 is 0. The minimum absolute atomic E-state index is 0.197. The monoisotopic (exact) mass is 437 g/mol. The van der Waals surface area contributed by atoms with Gasteiger partial charge in [0.05, 0.1) is 11.1 Å². The molecule has 0 atom stereocenters.